The number of hydrogen-bond donors (Lipinski definition) is 1. The Balaban J connectivity index is 2.66. The van der Waals surface area contributed by atoms with Crippen molar-refractivity contribution in [2.24, 2.45) is 5.92 Å². The summed E-state index contributed by atoms with van der Waals surface area (Å²) >= 11 is 2.04. The number of hydrogen-bond acceptors (Lipinski definition) is 4. The lowest BCUT2D eigenvalue weighted by Crippen LogP contribution is -2.58. The fraction of sp³-hybridized carbons (Fsp3) is 0.941. The molecule has 21 heavy (non-hydrogen) atoms. The van der Waals surface area contributed by atoms with Crippen molar-refractivity contribution < 1.29 is 9.53 Å². The topological polar surface area (TPSA) is 38.3 Å². The van der Waals surface area contributed by atoms with Gasteiger partial charge in [0, 0.05) is 11.3 Å². The minimum absolute atomic E-state index is 0.0483. The second-order valence-electron chi connectivity index (χ2n) is 6.87. The third-order valence-corrected chi connectivity index (χ3v) is 5.33. The molecule has 1 rings (SSSR count). The van der Waals surface area contributed by atoms with Crippen molar-refractivity contribution in [2.75, 3.05) is 12.4 Å². The lowest BCUT2D eigenvalue weighted by molar-refractivity contribution is -0.153. The van der Waals surface area contributed by atoms with Gasteiger partial charge in [-0.05, 0) is 64.5 Å². The Morgan fingerprint density at radius 2 is 2.10 bits per heavy atom. The van der Waals surface area contributed by atoms with Crippen LogP contribution < -0.4 is 5.32 Å². The van der Waals surface area contributed by atoms with Gasteiger partial charge in [0.15, 0.2) is 0 Å². The molecule has 0 aliphatic heterocycles. The number of nitrogens with one attached hydrogen (secondary N) is 1. The van der Waals surface area contributed by atoms with Crippen LogP contribution in [0.15, 0.2) is 0 Å². The Kier molecular flexibility index (Phi) is 8.10. The van der Waals surface area contributed by atoms with Gasteiger partial charge in [-0.3, -0.25) is 10.1 Å². The van der Waals surface area contributed by atoms with Crippen LogP contribution in [-0.4, -0.2) is 35.2 Å². The molecule has 0 radical (unpaired) electrons. The average Bonchev–Trinajstić information content (AvgIpc) is 2.38. The van der Waals surface area contributed by atoms with Crippen molar-refractivity contribution in [1.29, 1.82) is 0 Å². The molecule has 0 heterocycles. The third kappa shape index (κ3) is 6.19. The molecular weight excluding hydrogens is 282 g/mol. The zero-order valence-electron chi connectivity index (χ0n) is 14.4. The smallest absolute Gasteiger partial charge is 0.326 e. The molecule has 1 aliphatic rings. The van der Waals surface area contributed by atoms with Gasteiger partial charge in [-0.2, -0.15) is 11.8 Å². The number of rotatable bonds is 8. The summed E-state index contributed by atoms with van der Waals surface area (Å²) in [5.41, 5.74) is -0.460. The summed E-state index contributed by atoms with van der Waals surface area (Å²) in [7, 11) is 0. The molecule has 0 saturated heterocycles. The summed E-state index contributed by atoms with van der Waals surface area (Å²) in [4.78, 5) is 12.5. The van der Waals surface area contributed by atoms with Gasteiger partial charge in [0.2, 0.25) is 0 Å². The van der Waals surface area contributed by atoms with E-state index in [0.29, 0.717) is 17.9 Å². The summed E-state index contributed by atoms with van der Waals surface area (Å²) in [5, 5.41) is 4.10. The van der Waals surface area contributed by atoms with E-state index in [2.05, 4.69) is 33.0 Å². The molecule has 2 atom stereocenters. The van der Waals surface area contributed by atoms with Gasteiger partial charge in [-0.1, -0.05) is 13.8 Å². The summed E-state index contributed by atoms with van der Waals surface area (Å²) in [6, 6.07) is 0.300. The number of carbonyl (C=O) groups excluding carboxylic acids is 1. The zero-order chi connectivity index (χ0) is 15.9. The van der Waals surface area contributed by atoms with E-state index in [1.807, 2.05) is 18.7 Å². The predicted octanol–water partition coefficient (Wildman–Crippen LogP) is 4.01. The minimum Gasteiger partial charge on any atom is -0.465 e. The van der Waals surface area contributed by atoms with E-state index in [9.17, 15) is 4.79 Å². The average molecular weight is 316 g/mol. The minimum atomic E-state index is -0.460. The Labute approximate surface area is 135 Å². The van der Waals surface area contributed by atoms with E-state index < -0.39 is 5.54 Å². The number of thioether (sulfide) groups is 1. The van der Waals surface area contributed by atoms with Crippen LogP contribution in [0.4, 0.5) is 0 Å². The standard InChI is InChI=1S/C17H33NO2S/c1-6-20-16(19)17(18-14(4)5)10-7-8-15(12-17)21-11-9-13(2)3/h13-15,18H,6-12H2,1-5H3. The normalized spacial score (nSPS) is 26.3. The van der Waals surface area contributed by atoms with Gasteiger partial charge in [0.1, 0.15) is 5.54 Å². The highest BCUT2D eigenvalue weighted by atomic mass is 32.2. The van der Waals surface area contributed by atoms with E-state index in [0.717, 1.165) is 25.2 Å². The SMILES string of the molecule is CCOC(=O)C1(NC(C)C)CCCC(SCCC(C)C)C1. The van der Waals surface area contributed by atoms with Gasteiger partial charge in [-0.15, -0.1) is 0 Å². The van der Waals surface area contributed by atoms with Gasteiger partial charge < -0.3 is 4.74 Å². The first-order valence-corrected chi connectivity index (χ1v) is 9.51. The second kappa shape index (κ2) is 9.04. The number of esters is 1. The molecule has 1 aliphatic carbocycles. The predicted molar refractivity (Wildman–Crippen MR) is 91.8 cm³/mol. The van der Waals surface area contributed by atoms with Gasteiger partial charge in [0.25, 0.3) is 0 Å². The Bertz CT molecular complexity index is 320. The molecule has 0 aromatic carbocycles. The summed E-state index contributed by atoms with van der Waals surface area (Å²) in [6.45, 7) is 11.1. The molecule has 0 aromatic rings. The molecule has 0 aromatic heterocycles. The third-order valence-electron chi connectivity index (χ3n) is 3.99. The van der Waals surface area contributed by atoms with Gasteiger partial charge >= 0.3 is 5.97 Å². The van der Waals surface area contributed by atoms with Crippen LogP contribution in [0.5, 0.6) is 0 Å². The zero-order valence-corrected chi connectivity index (χ0v) is 15.2. The highest BCUT2D eigenvalue weighted by Crippen LogP contribution is 2.36. The highest BCUT2D eigenvalue weighted by Gasteiger charge is 2.44. The van der Waals surface area contributed by atoms with E-state index in [-0.39, 0.29) is 5.97 Å². The quantitative estimate of drug-likeness (QED) is 0.687. The van der Waals surface area contributed by atoms with E-state index >= 15 is 0 Å². The van der Waals surface area contributed by atoms with Crippen LogP contribution in [0, 0.1) is 5.92 Å². The summed E-state index contributed by atoms with van der Waals surface area (Å²) < 4.78 is 5.37. The largest absolute Gasteiger partial charge is 0.465 e. The lowest BCUT2D eigenvalue weighted by Gasteiger charge is -2.40. The fourth-order valence-corrected chi connectivity index (χ4v) is 4.71. The summed E-state index contributed by atoms with van der Waals surface area (Å²) in [5.74, 6) is 1.90. The molecular formula is C17H33NO2S. The first-order chi connectivity index (χ1) is 9.89. The van der Waals surface area contributed by atoms with Crippen LogP contribution in [0.1, 0.15) is 66.7 Å². The van der Waals surface area contributed by atoms with E-state index in [1.165, 1.54) is 18.6 Å². The lowest BCUT2D eigenvalue weighted by atomic mass is 9.80. The van der Waals surface area contributed by atoms with Crippen LogP contribution in [0.3, 0.4) is 0 Å². The van der Waals surface area contributed by atoms with Crippen LogP contribution in [0.2, 0.25) is 0 Å². The van der Waals surface area contributed by atoms with Crippen LogP contribution in [0.25, 0.3) is 0 Å². The van der Waals surface area contributed by atoms with E-state index in [4.69, 9.17) is 4.74 Å². The second-order valence-corrected chi connectivity index (χ2v) is 8.28. The molecule has 4 heteroatoms. The van der Waals surface area contributed by atoms with E-state index in [1.54, 1.807) is 0 Å². The van der Waals surface area contributed by atoms with Crippen molar-refractivity contribution in [3.63, 3.8) is 0 Å². The Hall–Kier alpha value is -0.220. The monoisotopic (exact) mass is 315 g/mol. The first kappa shape index (κ1) is 18.8. The molecule has 0 bridgehead atoms. The molecule has 0 amide bonds. The first-order valence-electron chi connectivity index (χ1n) is 8.46. The highest BCUT2D eigenvalue weighted by molar-refractivity contribution is 7.99. The van der Waals surface area contributed by atoms with Crippen molar-refractivity contribution >= 4 is 17.7 Å². The van der Waals surface area contributed by atoms with Crippen molar-refractivity contribution in [2.45, 2.75) is 83.6 Å². The maximum Gasteiger partial charge on any atom is 0.326 e. The molecule has 1 saturated carbocycles. The van der Waals surface area contributed by atoms with Gasteiger partial charge in [0.05, 0.1) is 6.61 Å². The Morgan fingerprint density at radius 3 is 2.67 bits per heavy atom. The Morgan fingerprint density at radius 1 is 1.38 bits per heavy atom. The molecule has 0 spiro atoms. The van der Waals surface area contributed by atoms with Gasteiger partial charge in [-0.25, -0.2) is 0 Å². The molecule has 1 fully saturated rings. The van der Waals surface area contributed by atoms with Crippen LogP contribution in [-0.2, 0) is 9.53 Å². The molecule has 124 valence electrons. The van der Waals surface area contributed by atoms with Crippen molar-refractivity contribution in [3.8, 4) is 0 Å². The molecule has 3 nitrogen and oxygen atoms in total. The fourth-order valence-electron chi connectivity index (χ4n) is 3.03. The maximum atomic E-state index is 12.5. The van der Waals surface area contributed by atoms with Crippen LogP contribution >= 0.6 is 11.8 Å². The van der Waals surface area contributed by atoms with Crippen molar-refractivity contribution in [3.05, 3.63) is 0 Å². The molecule has 1 N–H and O–H groups in total. The van der Waals surface area contributed by atoms with Crippen molar-refractivity contribution in [1.82, 2.24) is 5.32 Å². The summed E-state index contributed by atoms with van der Waals surface area (Å²) in [6.07, 6.45) is 5.41. The maximum absolute atomic E-state index is 12.5. The number of ether oxygens (including phenoxy) is 1. The molecule has 2 unspecified atom stereocenters. The number of carbonyl (C=O) groups is 1.